The third-order valence-corrected chi connectivity index (χ3v) is 5.39. The molecule has 21 heavy (non-hydrogen) atoms. The molecule has 1 aliphatic carbocycles. The molecule has 112 valence electrons. The number of amides is 1. The summed E-state index contributed by atoms with van der Waals surface area (Å²) >= 11 is 1.66. The van der Waals surface area contributed by atoms with Gasteiger partial charge in [-0.3, -0.25) is 4.79 Å². The SMILES string of the molecule is Cl.O=C(N[C@@H]1CN2CCC1CC2)c1cc2ccscc-2c1. The van der Waals surface area contributed by atoms with Crippen molar-refractivity contribution in [3.63, 3.8) is 0 Å². The maximum Gasteiger partial charge on any atom is 0.251 e. The number of nitrogens with one attached hydrogen (secondary N) is 1. The first kappa shape index (κ1) is 14.8. The molecule has 0 aromatic carbocycles. The summed E-state index contributed by atoms with van der Waals surface area (Å²) in [5.41, 5.74) is 3.12. The summed E-state index contributed by atoms with van der Waals surface area (Å²) in [4.78, 5) is 14.9. The average Bonchev–Trinajstić information content (AvgIpc) is 2.92. The Labute approximate surface area is 135 Å². The molecule has 0 saturated carbocycles. The van der Waals surface area contributed by atoms with Gasteiger partial charge in [0, 0.05) is 18.2 Å². The van der Waals surface area contributed by atoms with Crippen LogP contribution in [0, 0.1) is 5.92 Å². The van der Waals surface area contributed by atoms with E-state index < -0.39 is 0 Å². The molecule has 0 spiro atoms. The van der Waals surface area contributed by atoms with Gasteiger partial charge in [-0.05, 0) is 71.9 Å². The largest absolute Gasteiger partial charge is 0.348 e. The van der Waals surface area contributed by atoms with Crippen LogP contribution in [0.25, 0.3) is 11.1 Å². The van der Waals surface area contributed by atoms with Gasteiger partial charge in [-0.25, -0.2) is 0 Å². The normalized spacial score (nSPS) is 27.3. The van der Waals surface area contributed by atoms with Crippen molar-refractivity contribution in [2.45, 2.75) is 18.9 Å². The van der Waals surface area contributed by atoms with Crippen molar-refractivity contribution in [3.8, 4) is 11.1 Å². The smallest absolute Gasteiger partial charge is 0.251 e. The van der Waals surface area contributed by atoms with E-state index in [1.807, 2.05) is 12.1 Å². The highest BCUT2D eigenvalue weighted by Crippen LogP contribution is 2.29. The Morgan fingerprint density at radius 1 is 1.24 bits per heavy atom. The Bertz CT molecular complexity index is 576. The Kier molecular flexibility index (Phi) is 4.20. The lowest BCUT2D eigenvalue weighted by Crippen LogP contribution is -2.57. The Morgan fingerprint density at radius 3 is 2.67 bits per heavy atom. The zero-order valence-corrected chi connectivity index (χ0v) is 13.4. The molecule has 0 radical (unpaired) electrons. The molecule has 1 atom stereocenters. The number of carbonyl (C=O) groups is 1. The monoisotopic (exact) mass is 322 g/mol. The van der Waals surface area contributed by atoms with Crippen LogP contribution in [0.15, 0.2) is 29.0 Å². The Morgan fingerprint density at radius 2 is 2.00 bits per heavy atom. The number of hydrogen-bond donors (Lipinski definition) is 1. The molecule has 1 N–H and O–H groups in total. The molecule has 3 fully saturated rings. The second-order valence-corrected chi connectivity index (χ2v) is 6.71. The summed E-state index contributed by atoms with van der Waals surface area (Å²) in [5, 5.41) is 7.40. The molecular formula is C16H19ClN2OS. The minimum absolute atomic E-state index is 0. The van der Waals surface area contributed by atoms with Crippen molar-refractivity contribution >= 4 is 29.7 Å². The first-order valence-corrected chi connectivity index (χ1v) is 8.23. The molecular weight excluding hydrogens is 304 g/mol. The van der Waals surface area contributed by atoms with E-state index in [4.69, 9.17) is 0 Å². The molecule has 4 heterocycles. The summed E-state index contributed by atoms with van der Waals surface area (Å²) in [5.74, 6) is 0.764. The third kappa shape index (κ3) is 2.80. The van der Waals surface area contributed by atoms with Gasteiger partial charge < -0.3 is 10.2 Å². The fraction of sp³-hybridized carbons (Fsp3) is 0.438. The molecule has 0 unspecified atom stereocenters. The highest BCUT2D eigenvalue weighted by Gasteiger charge is 2.35. The number of nitrogens with zero attached hydrogens (tertiary/aromatic N) is 1. The van der Waals surface area contributed by atoms with E-state index in [9.17, 15) is 4.79 Å². The number of piperidine rings is 3. The number of hydrogen-bond acceptors (Lipinski definition) is 3. The second-order valence-electron chi connectivity index (χ2n) is 5.93. The van der Waals surface area contributed by atoms with Crippen LogP contribution in [0.3, 0.4) is 0 Å². The zero-order chi connectivity index (χ0) is 13.5. The summed E-state index contributed by atoms with van der Waals surface area (Å²) in [7, 11) is 0. The van der Waals surface area contributed by atoms with Crippen LogP contribution in [-0.2, 0) is 0 Å². The van der Waals surface area contributed by atoms with Gasteiger partial charge in [0.1, 0.15) is 0 Å². The molecule has 0 aromatic heterocycles. The van der Waals surface area contributed by atoms with Gasteiger partial charge in [-0.15, -0.1) is 12.4 Å². The minimum Gasteiger partial charge on any atom is -0.348 e. The molecule has 5 aliphatic rings. The lowest BCUT2D eigenvalue weighted by Gasteiger charge is -2.44. The van der Waals surface area contributed by atoms with Crippen LogP contribution >= 0.6 is 23.7 Å². The van der Waals surface area contributed by atoms with Crippen molar-refractivity contribution in [2.75, 3.05) is 19.6 Å². The van der Waals surface area contributed by atoms with E-state index in [2.05, 4.69) is 27.0 Å². The molecule has 5 rings (SSSR count). The second kappa shape index (κ2) is 5.95. The van der Waals surface area contributed by atoms with Crippen molar-refractivity contribution in [1.29, 1.82) is 0 Å². The van der Waals surface area contributed by atoms with Gasteiger partial charge in [0.25, 0.3) is 5.91 Å². The molecule has 3 nitrogen and oxygen atoms in total. The standard InChI is InChI=1S/C16H18N2OS.ClH/c19-16(13-7-12-3-6-20-10-14(12)8-13)17-15-9-18-4-1-11(15)2-5-18;/h3,6-8,10-11,15H,1-2,4-5,9H2,(H,17,19);1H/t15-;/m1./s1. The highest BCUT2D eigenvalue weighted by molar-refractivity contribution is 7.07. The van der Waals surface area contributed by atoms with Crippen LogP contribution in [0.5, 0.6) is 0 Å². The number of carbonyl (C=O) groups excluding carboxylic acids is 1. The first-order valence-electron chi connectivity index (χ1n) is 7.29. The topological polar surface area (TPSA) is 32.3 Å². The van der Waals surface area contributed by atoms with Crippen LogP contribution in [0.2, 0.25) is 0 Å². The fourth-order valence-corrected chi connectivity index (χ4v) is 4.18. The van der Waals surface area contributed by atoms with Crippen LogP contribution in [0.4, 0.5) is 0 Å². The summed E-state index contributed by atoms with van der Waals surface area (Å²) in [6, 6.07) is 6.41. The fourth-order valence-electron chi connectivity index (χ4n) is 3.53. The molecule has 5 heteroatoms. The van der Waals surface area contributed by atoms with Gasteiger partial charge in [0.15, 0.2) is 0 Å². The average molecular weight is 323 g/mol. The van der Waals surface area contributed by atoms with Gasteiger partial charge in [0.2, 0.25) is 0 Å². The summed E-state index contributed by atoms with van der Waals surface area (Å²) in [6.45, 7) is 3.44. The molecule has 2 bridgehead atoms. The lowest BCUT2D eigenvalue weighted by atomic mass is 9.84. The van der Waals surface area contributed by atoms with E-state index in [1.165, 1.54) is 25.9 Å². The lowest BCUT2D eigenvalue weighted by molar-refractivity contribution is 0.0620. The number of fused-ring (bicyclic) bond motifs is 4. The van der Waals surface area contributed by atoms with Gasteiger partial charge in [-0.2, -0.15) is 11.3 Å². The van der Waals surface area contributed by atoms with Crippen molar-refractivity contribution in [2.24, 2.45) is 5.92 Å². The van der Waals surface area contributed by atoms with Crippen molar-refractivity contribution < 1.29 is 4.79 Å². The number of rotatable bonds is 2. The Balaban J connectivity index is 0.00000132. The molecule has 4 aliphatic heterocycles. The van der Waals surface area contributed by atoms with Crippen LogP contribution < -0.4 is 5.32 Å². The quantitative estimate of drug-likeness (QED) is 0.921. The van der Waals surface area contributed by atoms with E-state index in [0.717, 1.165) is 23.2 Å². The van der Waals surface area contributed by atoms with Gasteiger partial charge in [-0.1, -0.05) is 0 Å². The predicted molar refractivity (Wildman–Crippen MR) is 88.6 cm³/mol. The van der Waals surface area contributed by atoms with Gasteiger partial charge >= 0.3 is 0 Å². The minimum atomic E-state index is 0. The Hall–Kier alpha value is -1.10. The highest BCUT2D eigenvalue weighted by atomic mass is 35.5. The zero-order valence-electron chi connectivity index (χ0n) is 11.7. The van der Waals surface area contributed by atoms with E-state index in [0.29, 0.717) is 12.0 Å². The molecule has 1 amide bonds. The molecule has 0 aromatic rings. The third-order valence-electron chi connectivity index (χ3n) is 4.71. The van der Waals surface area contributed by atoms with Crippen molar-refractivity contribution in [3.05, 3.63) is 34.5 Å². The maximum absolute atomic E-state index is 12.4. The summed E-state index contributed by atoms with van der Waals surface area (Å²) < 4.78 is 0. The van der Waals surface area contributed by atoms with Gasteiger partial charge in [0.05, 0.1) is 0 Å². The van der Waals surface area contributed by atoms with Crippen LogP contribution in [0.1, 0.15) is 23.2 Å². The predicted octanol–water partition coefficient (Wildman–Crippen LogP) is 3.10. The summed E-state index contributed by atoms with van der Waals surface area (Å²) in [6.07, 6.45) is 2.46. The van der Waals surface area contributed by atoms with E-state index >= 15 is 0 Å². The maximum atomic E-state index is 12.4. The molecule has 3 saturated heterocycles. The number of halogens is 1. The van der Waals surface area contributed by atoms with E-state index in [-0.39, 0.29) is 18.3 Å². The first-order chi connectivity index (χ1) is 9.79. The van der Waals surface area contributed by atoms with E-state index in [1.54, 1.807) is 11.3 Å². The van der Waals surface area contributed by atoms with Crippen molar-refractivity contribution in [1.82, 2.24) is 10.2 Å². The van der Waals surface area contributed by atoms with Crippen LogP contribution in [-0.4, -0.2) is 36.5 Å².